The Kier molecular flexibility index (Phi) is 2.84. The van der Waals surface area contributed by atoms with Crippen LogP contribution in [0.5, 0.6) is 0 Å². The third kappa shape index (κ3) is 2.02. The highest BCUT2D eigenvalue weighted by molar-refractivity contribution is 5.74. The number of aromatic nitrogens is 2. The topological polar surface area (TPSA) is 43.3 Å². The van der Waals surface area contributed by atoms with Gasteiger partial charge in [0.1, 0.15) is 0 Å². The quantitative estimate of drug-likeness (QED) is 0.760. The van der Waals surface area contributed by atoms with Crippen LogP contribution in [0.1, 0.15) is 17.0 Å². The first-order valence-electron chi connectivity index (χ1n) is 6.43. The highest BCUT2D eigenvalue weighted by Gasteiger charge is 2.09. The molecule has 96 valence electrons. The molecule has 0 fully saturated rings. The van der Waals surface area contributed by atoms with Crippen molar-refractivity contribution in [1.82, 2.24) is 9.38 Å². The Morgan fingerprint density at radius 1 is 1.16 bits per heavy atom. The van der Waals surface area contributed by atoms with Crippen LogP contribution in [0.25, 0.3) is 16.6 Å². The maximum absolute atomic E-state index is 5.64. The van der Waals surface area contributed by atoms with Crippen molar-refractivity contribution in [2.24, 2.45) is 5.73 Å². The molecule has 0 atom stereocenters. The zero-order chi connectivity index (χ0) is 13.4. The number of nitrogens with zero attached hydrogens (tertiary/aromatic N) is 2. The number of hydrogen-bond donors (Lipinski definition) is 1. The molecule has 3 rings (SSSR count). The summed E-state index contributed by atoms with van der Waals surface area (Å²) in [4.78, 5) is 4.35. The van der Waals surface area contributed by atoms with Gasteiger partial charge in [-0.1, -0.05) is 29.8 Å². The van der Waals surface area contributed by atoms with Gasteiger partial charge in [0.2, 0.25) is 0 Å². The summed E-state index contributed by atoms with van der Waals surface area (Å²) in [5, 5.41) is 0. The molecule has 3 nitrogen and oxygen atoms in total. The van der Waals surface area contributed by atoms with Gasteiger partial charge >= 0.3 is 0 Å². The molecule has 1 aromatic carbocycles. The summed E-state index contributed by atoms with van der Waals surface area (Å²) < 4.78 is 2.11. The summed E-state index contributed by atoms with van der Waals surface area (Å²) in [6, 6.07) is 12.8. The molecule has 0 aliphatic carbocycles. The Bertz CT molecular complexity index is 741. The SMILES string of the molecule is Cc1cccc(-c2cc3cc(CN)ncn3c2C)c1. The molecule has 3 heteroatoms. The normalized spacial score (nSPS) is 11.1. The predicted octanol–water partition coefficient (Wildman–Crippen LogP) is 3.08. The third-order valence-corrected chi connectivity index (χ3v) is 3.51. The van der Waals surface area contributed by atoms with Crippen LogP contribution in [0.3, 0.4) is 0 Å². The number of fused-ring (bicyclic) bond motifs is 1. The first-order valence-corrected chi connectivity index (χ1v) is 6.43. The third-order valence-electron chi connectivity index (χ3n) is 3.51. The van der Waals surface area contributed by atoms with Crippen molar-refractivity contribution < 1.29 is 0 Å². The minimum atomic E-state index is 0.473. The Balaban J connectivity index is 2.22. The van der Waals surface area contributed by atoms with Crippen molar-refractivity contribution >= 4 is 5.52 Å². The largest absolute Gasteiger partial charge is 0.325 e. The smallest absolute Gasteiger partial charge is 0.0996 e. The second-order valence-electron chi connectivity index (χ2n) is 4.89. The zero-order valence-electron chi connectivity index (χ0n) is 11.2. The fourth-order valence-corrected chi connectivity index (χ4v) is 2.47. The van der Waals surface area contributed by atoms with Crippen LogP contribution in [0.2, 0.25) is 0 Å². The van der Waals surface area contributed by atoms with Gasteiger partial charge in [-0.15, -0.1) is 0 Å². The molecular formula is C16H17N3. The highest BCUT2D eigenvalue weighted by Crippen LogP contribution is 2.27. The summed E-state index contributed by atoms with van der Waals surface area (Å²) in [5.74, 6) is 0. The van der Waals surface area contributed by atoms with E-state index in [0.29, 0.717) is 6.54 Å². The fourth-order valence-electron chi connectivity index (χ4n) is 2.47. The highest BCUT2D eigenvalue weighted by atomic mass is 15.0. The van der Waals surface area contributed by atoms with Gasteiger partial charge in [-0.25, -0.2) is 4.98 Å². The number of aryl methyl sites for hydroxylation is 2. The van der Waals surface area contributed by atoms with Gasteiger partial charge in [0.25, 0.3) is 0 Å². The summed E-state index contributed by atoms with van der Waals surface area (Å²) >= 11 is 0. The molecule has 0 unspecified atom stereocenters. The van der Waals surface area contributed by atoms with Gasteiger partial charge in [0.15, 0.2) is 0 Å². The van der Waals surface area contributed by atoms with E-state index in [1.165, 1.54) is 22.4 Å². The lowest BCUT2D eigenvalue weighted by Crippen LogP contribution is -2.01. The second kappa shape index (κ2) is 4.52. The van der Waals surface area contributed by atoms with Crippen LogP contribution in [-0.4, -0.2) is 9.38 Å². The van der Waals surface area contributed by atoms with E-state index in [0.717, 1.165) is 11.2 Å². The van der Waals surface area contributed by atoms with Crippen molar-refractivity contribution in [3.8, 4) is 11.1 Å². The van der Waals surface area contributed by atoms with E-state index in [9.17, 15) is 0 Å². The number of benzene rings is 1. The van der Waals surface area contributed by atoms with Crippen molar-refractivity contribution in [2.45, 2.75) is 20.4 Å². The minimum Gasteiger partial charge on any atom is -0.325 e. The van der Waals surface area contributed by atoms with Gasteiger partial charge in [-0.05, 0) is 31.5 Å². The maximum atomic E-state index is 5.64. The van der Waals surface area contributed by atoms with E-state index in [1.807, 2.05) is 12.4 Å². The molecule has 2 aromatic heterocycles. The monoisotopic (exact) mass is 251 g/mol. The maximum Gasteiger partial charge on any atom is 0.0996 e. The molecule has 2 heterocycles. The lowest BCUT2D eigenvalue weighted by atomic mass is 10.0. The van der Waals surface area contributed by atoms with Crippen LogP contribution >= 0.6 is 0 Å². The molecule has 0 saturated carbocycles. The van der Waals surface area contributed by atoms with Crippen molar-refractivity contribution in [3.05, 3.63) is 59.7 Å². The lowest BCUT2D eigenvalue weighted by molar-refractivity contribution is 0.941. The van der Waals surface area contributed by atoms with E-state index in [4.69, 9.17) is 5.73 Å². The Morgan fingerprint density at radius 2 is 2.00 bits per heavy atom. The van der Waals surface area contributed by atoms with Gasteiger partial charge < -0.3 is 10.1 Å². The van der Waals surface area contributed by atoms with Crippen molar-refractivity contribution in [1.29, 1.82) is 0 Å². The Hall–Kier alpha value is -2.13. The molecule has 3 aromatic rings. The van der Waals surface area contributed by atoms with E-state index in [-0.39, 0.29) is 0 Å². The molecule has 0 aliphatic rings. The van der Waals surface area contributed by atoms with Gasteiger partial charge in [-0.3, -0.25) is 0 Å². The van der Waals surface area contributed by atoms with E-state index < -0.39 is 0 Å². The predicted molar refractivity (Wildman–Crippen MR) is 78.0 cm³/mol. The minimum absolute atomic E-state index is 0.473. The van der Waals surface area contributed by atoms with Crippen molar-refractivity contribution in [2.75, 3.05) is 0 Å². The Labute approximate surface area is 112 Å². The summed E-state index contributed by atoms with van der Waals surface area (Å²) in [6.45, 7) is 4.71. The van der Waals surface area contributed by atoms with Crippen LogP contribution in [0.4, 0.5) is 0 Å². The summed E-state index contributed by atoms with van der Waals surface area (Å²) in [6.07, 6.45) is 1.85. The molecule has 0 amide bonds. The molecule has 0 saturated heterocycles. The lowest BCUT2D eigenvalue weighted by Gasteiger charge is -2.03. The Morgan fingerprint density at radius 3 is 2.74 bits per heavy atom. The molecule has 0 aliphatic heterocycles. The number of hydrogen-bond acceptors (Lipinski definition) is 2. The van der Waals surface area contributed by atoms with E-state index in [1.54, 1.807) is 0 Å². The summed E-state index contributed by atoms with van der Waals surface area (Å²) in [7, 11) is 0. The molecule has 0 spiro atoms. The fraction of sp³-hybridized carbons (Fsp3) is 0.188. The van der Waals surface area contributed by atoms with E-state index in [2.05, 4.69) is 53.6 Å². The van der Waals surface area contributed by atoms with Crippen LogP contribution in [0.15, 0.2) is 42.7 Å². The second-order valence-corrected chi connectivity index (χ2v) is 4.89. The van der Waals surface area contributed by atoms with Gasteiger partial charge in [0, 0.05) is 23.3 Å². The average Bonchev–Trinajstić information content (AvgIpc) is 2.75. The first kappa shape index (κ1) is 11.9. The zero-order valence-corrected chi connectivity index (χ0v) is 11.2. The van der Waals surface area contributed by atoms with Gasteiger partial charge in [0.05, 0.1) is 12.0 Å². The van der Waals surface area contributed by atoms with Crippen LogP contribution in [0, 0.1) is 13.8 Å². The molecule has 2 N–H and O–H groups in total. The molecule has 0 radical (unpaired) electrons. The summed E-state index contributed by atoms with van der Waals surface area (Å²) in [5.41, 5.74) is 12.7. The van der Waals surface area contributed by atoms with Crippen LogP contribution in [-0.2, 0) is 6.54 Å². The molecular weight excluding hydrogens is 234 g/mol. The average molecular weight is 251 g/mol. The number of rotatable bonds is 2. The number of nitrogens with two attached hydrogens (primary N) is 1. The standard InChI is InChI=1S/C16H17N3/c1-11-4-3-5-13(6-11)16-8-15-7-14(9-17)18-10-19(15)12(16)2/h3-8,10H,9,17H2,1-2H3. The first-order chi connectivity index (χ1) is 9.19. The van der Waals surface area contributed by atoms with Crippen LogP contribution < -0.4 is 5.73 Å². The molecule has 0 bridgehead atoms. The van der Waals surface area contributed by atoms with Crippen molar-refractivity contribution in [3.63, 3.8) is 0 Å². The van der Waals surface area contributed by atoms with E-state index >= 15 is 0 Å². The molecule has 19 heavy (non-hydrogen) atoms. The van der Waals surface area contributed by atoms with Gasteiger partial charge in [-0.2, -0.15) is 0 Å².